The summed E-state index contributed by atoms with van der Waals surface area (Å²) < 4.78 is 4.91. The Hall–Kier alpha value is -3.01. The van der Waals surface area contributed by atoms with Gasteiger partial charge in [-0.25, -0.2) is 9.97 Å². The summed E-state index contributed by atoms with van der Waals surface area (Å²) in [6.45, 7) is -0.0584. The molecule has 2 amide bonds. The van der Waals surface area contributed by atoms with Gasteiger partial charge in [0, 0.05) is 12.4 Å². The van der Waals surface area contributed by atoms with Crippen molar-refractivity contribution in [2.45, 2.75) is 5.16 Å². The van der Waals surface area contributed by atoms with E-state index >= 15 is 0 Å². The maximum Gasteiger partial charge on any atom is 0.316 e. The van der Waals surface area contributed by atoms with Crippen molar-refractivity contribution in [3.05, 3.63) is 36.7 Å². The van der Waals surface area contributed by atoms with Gasteiger partial charge in [-0.05, 0) is 18.2 Å². The first-order chi connectivity index (χ1) is 12.1. The second-order valence-electron chi connectivity index (χ2n) is 4.57. The molecule has 0 unspecified atom stereocenters. The molecule has 0 aliphatic carbocycles. The first kappa shape index (κ1) is 18.3. The van der Waals surface area contributed by atoms with Crippen LogP contribution >= 0.6 is 11.8 Å². The van der Waals surface area contributed by atoms with Gasteiger partial charge in [0.15, 0.2) is 5.16 Å². The normalized spacial score (nSPS) is 10.1. The second-order valence-corrected chi connectivity index (χ2v) is 5.51. The van der Waals surface area contributed by atoms with E-state index in [9.17, 15) is 14.4 Å². The van der Waals surface area contributed by atoms with Gasteiger partial charge in [0.2, 0.25) is 0 Å². The number of esters is 1. The van der Waals surface area contributed by atoms with Gasteiger partial charge in [0.25, 0.3) is 0 Å². The van der Waals surface area contributed by atoms with Crippen LogP contribution in [0.5, 0.6) is 0 Å². The highest BCUT2D eigenvalue weighted by Gasteiger charge is 2.10. The average Bonchev–Trinajstić information content (AvgIpc) is 2.64. The van der Waals surface area contributed by atoms with Gasteiger partial charge in [-0.3, -0.25) is 19.4 Å². The molecule has 0 saturated carbocycles. The van der Waals surface area contributed by atoms with E-state index in [0.717, 1.165) is 11.8 Å². The number of ether oxygens (including phenoxy) is 1. The van der Waals surface area contributed by atoms with Crippen LogP contribution in [-0.2, 0) is 19.1 Å². The van der Waals surface area contributed by atoms with Crippen molar-refractivity contribution in [3.8, 4) is 11.4 Å². The highest BCUT2D eigenvalue weighted by Crippen LogP contribution is 2.18. The van der Waals surface area contributed by atoms with Crippen molar-refractivity contribution < 1.29 is 19.1 Å². The number of primary amides is 1. The van der Waals surface area contributed by atoms with E-state index in [2.05, 4.69) is 20.3 Å². The molecule has 3 N–H and O–H groups in total. The monoisotopic (exact) mass is 361 g/mol. The second kappa shape index (κ2) is 9.33. The fraction of sp³-hybridized carbons (Fsp3) is 0.200. The smallest absolute Gasteiger partial charge is 0.316 e. The fourth-order valence-electron chi connectivity index (χ4n) is 1.65. The molecule has 0 atom stereocenters. The number of pyridine rings is 1. The summed E-state index contributed by atoms with van der Waals surface area (Å²) in [4.78, 5) is 45.6. The van der Waals surface area contributed by atoms with E-state index in [-0.39, 0.29) is 18.9 Å². The Balaban J connectivity index is 1.76. The number of nitrogens with two attached hydrogens (primary N) is 1. The van der Waals surface area contributed by atoms with Crippen LogP contribution in [0.2, 0.25) is 0 Å². The molecule has 2 aromatic rings. The van der Waals surface area contributed by atoms with E-state index in [1.54, 1.807) is 18.5 Å². The molecule has 0 bridgehead atoms. The summed E-state index contributed by atoms with van der Waals surface area (Å²) in [7, 11) is 0. The van der Waals surface area contributed by atoms with Gasteiger partial charge >= 0.3 is 17.8 Å². The third-order valence-corrected chi connectivity index (χ3v) is 3.59. The Kier molecular flexibility index (Phi) is 6.84. The Morgan fingerprint density at radius 1 is 1.12 bits per heavy atom. The lowest BCUT2D eigenvalue weighted by molar-refractivity contribution is -0.141. The quantitative estimate of drug-likeness (QED) is 0.227. The minimum Gasteiger partial charge on any atom is -0.463 e. The number of rotatable bonds is 7. The summed E-state index contributed by atoms with van der Waals surface area (Å²) in [6.07, 6.45) is 3.25. The van der Waals surface area contributed by atoms with Crippen molar-refractivity contribution in [2.24, 2.45) is 5.73 Å². The molecular weight excluding hydrogens is 346 g/mol. The predicted molar refractivity (Wildman–Crippen MR) is 89.2 cm³/mol. The van der Waals surface area contributed by atoms with Crippen LogP contribution in [0.25, 0.3) is 11.4 Å². The third kappa shape index (κ3) is 6.18. The fourth-order valence-corrected chi connectivity index (χ4v) is 2.28. The third-order valence-electron chi connectivity index (χ3n) is 2.75. The molecule has 130 valence electrons. The highest BCUT2D eigenvalue weighted by molar-refractivity contribution is 7.99. The highest BCUT2D eigenvalue weighted by atomic mass is 32.2. The first-order valence-corrected chi connectivity index (χ1v) is 8.15. The first-order valence-electron chi connectivity index (χ1n) is 7.17. The molecule has 2 heterocycles. The summed E-state index contributed by atoms with van der Waals surface area (Å²) in [5.41, 5.74) is 6.13. The molecule has 25 heavy (non-hydrogen) atoms. The Morgan fingerprint density at radius 2 is 1.96 bits per heavy atom. The van der Waals surface area contributed by atoms with E-state index in [4.69, 9.17) is 10.5 Å². The van der Waals surface area contributed by atoms with Crippen molar-refractivity contribution in [2.75, 3.05) is 18.9 Å². The molecule has 0 fully saturated rings. The van der Waals surface area contributed by atoms with Crippen LogP contribution in [-0.4, -0.2) is 51.6 Å². The van der Waals surface area contributed by atoms with E-state index in [1.807, 2.05) is 18.2 Å². The molecular formula is C15H15N5O4S. The number of amides is 2. The zero-order valence-corrected chi connectivity index (χ0v) is 13.9. The van der Waals surface area contributed by atoms with Crippen LogP contribution in [0.15, 0.2) is 41.8 Å². The average molecular weight is 361 g/mol. The van der Waals surface area contributed by atoms with Gasteiger partial charge in [-0.2, -0.15) is 0 Å². The Bertz CT molecular complexity index is 757. The number of aromatic nitrogens is 3. The van der Waals surface area contributed by atoms with E-state index in [0.29, 0.717) is 16.5 Å². The van der Waals surface area contributed by atoms with Gasteiger partial charge in [0.05, 0.1) is 23.7 Å². The Labute approximate surface area is 147 Å². The molecule has 0 radical (unpaired) electrons. The number of carbonyl (C=O) groups excluding carboxylic acids is 3. The molecule has 0 aliphatic heterocycles. The van der Waals surface area contributed by atoms with Crippen molar-refractivity contribution >= 4 is 29.5 Å². The number of nitrogens with one attached hydrogen (secondary N) is 1. The standard InChI is InChI=1S/C15H15N5O4S/c16-13(22)14(23)18-7-8-24-12(21)9-25-15-19-6-4-11(20-15)10-3-1-2-5-17-10/h1-6H,7-9H2,(H2,16,22)(H,18,23). The minimum absolute atomic E-state index is 0.00381. The van der Waals surface area contributed by atoms with E-state index < -0.39 is 17.8 Å². The summed E-state index contributed by atoms with van der Waals surface area (Å²) in [5, 5.41) is 2.63. The molecule has 0 aromatic carbocycles. The topological polar surface area (TPSA) is 137 Å². The molecule has 0 spiro atoms. The van der Waals surface area contributed by atoms with Crippen LogP contribution in [0.4, 0.5) is 0 Å². The molecule has 9 nitrogen and oxygen atoms in total. The zero-order valence-electron chi connectivity index (χ0n) is 13.0. The maximum atomic E-state index is 11.6. The molecule has 2 rings (SSSR count). The van der Waals surface area contributed by atoms with Crippen LogP contribution in [0.3, 0.4) is 0 Å². The number of hydrogen-bond acceptors (Lipinski definition) is 8. The van der Waals surface area contributed by atoms with Gasteiger partial charge in [0.1, 0.15) is 6.61 Å². The van der Waals surface area contributed by atoms with Gasteiger partial charge in [-0.15, -0.1) is 0 Å². The molecule has 0 aliphatic rings. The van der Waals surface area contributed by atoms with Crippen LogP contribution < -0.4 is 11.1 Å². The Morgan fingerprint density at radius 3 is 2.68 bits per heavy atom. The number of thioether (sulfide) groups is 1. The van der Waals surface area contributed by atoms with Gasteiger partial charge in [-0.1, -0.05) is 17.8 Å². The number of carbonyl (C=O) groups is 3. The zero-order chi connectivity index (χ0) is 18.1. The lowest BCUT2D eigenvalue weighted by Gasteiger charge is -2.05. The lowest BCUT2D eigenvalue weighted by Crippen LogP contribution is -2.38. The lowest BCUT2D eigenvalue weighted by atomic mass is 10.3. The SMILES string of the molecule is NC(=O)C(=O)NCCOC(=O)CSc1nccc(-c2ccccn2)n1. The van der Waals surface area contributed by atoms with E-state index in [1.165, 1.54) is 0 Å². The summed E-state index contributed by atoms with van der Waals surface area (Å²) in [6, 6.07) is 7.21. The molecule has 2 aromatic heterocycles. The molecule has 10 heteroatoms. The van der Waals surface area contributed by atoms with Gasteiger partial charge < -0.3 is 15.8 Å². The minimum atomic E-state index is -1.09. The van der Waals surface area contributed by atoms with Crippen molar-refractivity contribution in [1.29, 1.82) is 0 Å². The van der Waals surface area contributed by atoms with Crippen LogP contribution in [0.1, 0.15) is 0 Å². The summed E-state index contributed by atoms with van der Waals surface area (Å²) in [5.74, 6) is -2.50. The summed E-state index contributed by atoms with van der Waals surface area (Å²) >= 11 is 1.12. The largest absolute Gasteiger partial charge is 0.463 e. The predicted octanol–water partition coefficient (Wildman–Crippen LogP) is -0.225. The van der Waals surface area contributed by atoms with Crippen LogP contribution in [0, 0.1) is 0 Å². The number of nitrogens with zero attached hydrogens (tertiary/aromatic N) is 3. The number of hydrogen-bond donors (Lipinski definition) is 2. The van der Waals surface area contributed by atoms with Crippen molar-refractivity contribution in [3.63, 3.8) is 0 Å². The molecule has 0 saturated heterocycles. The maximum absolute atomic E-state index is 11.6. The van der Waals surface area contributed by atoms with Crippen molar-refractivity contribution in [1.82, 2.24) is 20.3 Å².